The normalized spacial score (nSPS) is 15.4. The summed E-state index contributed by atoms with van der Waals surface area (Å²) in [5.41, 5.74) is -0.292. The third kappa shape index (κ3) is 6.85. The van der Waals surface area contributed by atoms with Gasteiger partial charge in [-0.3, -0.25) is 14.5 Å². The minimum absolute atomic E-state index is 0.219. The molecular formula is C16H29NO3. The number of amides is 2. The molecule has 4 nitrogen and oxygen atoms in total. The molecule has 0 bridgehead atoms. The minimum Gasteiger partial charge on any atom is -0.374 e. The van der Waals surface area contributed by atoms with Gasteiger partial charge in [-0.2, -0.15) is 0 Å². The molecule has 0 fully saturated rings. The Morgan fingerprint density at radius 1 is 1.00 bits per heavy atom. The van der Waals surface area contributed by atoms with Gasteiger partial charge in [-0.1, -0.05) is 34.6 Å². The van der Waals surface area contributed by atoms with Crippen LogP contribution in [-0.2, 0) is 14.3 Å². The summed E-state index contributed by atoms with van der Waals surface area (Å²) in [6.45, 7) is 15.2. The Bertz CT molecular complexity index is 346. The van der Waals surface area contributed by atoms with E-state index in [9.17, 15) is 9.59 Å². The summed E-state index contributed by atoms with van der Waals surface area (Å²) in [6.07, 6.45) is 3.54. The second-order valence-corrected chi connectivity index (χ2v) is 6.51. The lowest BCUT2D eigenvalue weighted by atomic mass is 9.93. The zero-order valence-electron chi connectivity index (χ0n) is 13.9. The molecule has 1 aliphatic rings. The molecule has 0 unspecified atom stereocenters. The maximum atomic E-state index is 11.5. The van der Waals surface area contributed by atoms with Crippen molar-refractivity contribution in [3.8, 4) is 0 Å². The van der Waals surface area contributed by atoms with E-state index in [1.165, 1.54) is 17.1 Å². The lowest BCUT2D eigenvalue weighted by molar-refractivity contribution is -0.142. The highest BCUT2D eigenvalue weighted by atomic mass is 16.5. The van der Waals surface area contributed by atoms with Crippen LogP contribution < -0.4 is 0 Å². The number of hydrogen-bond donors (Lipinski definition) is 0. The second-order valence-electron chi connectivity index (χ2n) is 6.51. The van der Waals surface area contributed by atoms with Crippen molar-refractivity contribution in [3.05, 3.63) is 12.2 Å². The van der Waals surface area contributed by atoms with Gasteiger partial charge < -0.3 is 4.74 Å². The Morgan fingerprint density at radius 2 is 1.45 bits per heavy atom. The van der Waals surface area contributed by atoms with Gasteiger partial charge in [-0.25, -0.2) is 0 Å². The molecule has 0 aromatic heterocycles. The second kappa shape index (κ2) is 7.58. The first-order chi connectivity index (χ1) is 9.11. The molecule has 116 valence electrons. The lowest BCUT2D eigenvalue weighted by Gasteiger charge is -2.30. The van der Waals surface area contributed by atoms with Crippen molar-refractivity contribution < 1.29 is 14.3 Å². The highest BCUT2D eigenvalue weighted by Gasteiger charge is 2.31. The highest BCUT2D eigenvalue weighted by Crippen LogP contribution is 2.21. The summed E-state index contributed by atoms with van der Waals surface area (Å²) in [4.78, 5) is 24.1. The van der Waals surface area contributed by atoms with E-state index in [0.29, 0.717) is 13.2 Å². The number of ether oxygens (including phenoxy) is 1. The summed E-state index contributed by atoms with van der Waals surface area (Å²) in [5, 5.41) is 0. The molecule has 0 atom stereocenters. The Morgan fingerprint density at radius 3 is 1.85 bits per heavy atom. The molecule has 0 saturated heterocycles. The van der Waals surface area contributed by atoms with Crippen LogP contribution in [0.25, 0.3) is 0 Å². The molecule has 0 aromatic rings. The molecule has 0 aliphatic carbocycles. The average molecular weight is 283 g/mol. The molecule has 4 heteroatoms. The number of carbonyl (C=O) groups excluding carboxylic acids is 2. The van der Waals surface area contributed by atoms with Crippen LogP contribution in [0.3, 0.4) is 0 Å². The molecule has 0 radical (unpaired) electrons. The van der Waals surface area contributed by atoms with Gasteiger partial charge in [-0.05, 0) is 25.7 Å². The topological polar surface area (TPSA) is 46.6 Å². The molecule has 0 aromatic carbocycles. The Labute approximate surface area is 123 Å². The standard InChI is InChI=1S/C14H23NO3.C2H6/c1-13(2,3)8-9-18-14(4,5)10-15-11(16)6-7-12(15)17;1-2/h6-7H,8-10H2,1-5H3;1-2H3. The van der Waals surface area contributed by atoms with Crippen LogP contribution in [0, 0.1) is 5.41 Å². The van der Waals surface area contributed by atoms with Crippen LogP contribution in [0.4, 0.5) is 0 Å². The van der Waals surface area contributed by atoms with Crippen LogP contribution in [0.15, 0.2) is 12.2 Å². The summed E-state index contributed by atoms with van der Waals surface area (Å²) in [5.74, 6) is -0.514. The van der Waals surface area contributed by atoms with E-state index >= 15 is 0 Å². The number of imide groups is 1. The Kier molecular flexibility index (Phi) is 7.14. The third-order valence-electron chi connectivity index (χ3n) is 2.78. The minimum atomic E-state index is -0.511. The summed E-state index contributed by atoms with van der Waals surface area (Å²) in [6, 6.07) is 0. The number of nitrogens with zero attached hydrogens (tertiary/aromatic N) is 1. The first-order valence-corrected chi connectivity index (χ1v) is 7.28. The largest absolute Gasteiger partial charge is 0.374 e. The van der Waals surface area contributed by atoms with Crippen LogP contribution in [0.5, 0.6) is 0 Å². The fourth-order valence-corrected chi connectivity index (χ4v) is 1.65. The Balaban J connectivity index is 0.00000172. The first-order valence-electron chi connectivity index (χ1n) is 7.28. The van der Waals surface area contributed by atoms with E-state index in [-0.39, 0.29) is 17.2 Å². The zero-order valence-corrected chi connectivity index (χ0v) is 13.9. The summed E-state index contributed by atoms with van der Waals surface area (Å²) < 4.78 is 5.79. The van der Waals surface area contributed by atoms with Crippen LogP contribution in [0.1, 0.15) is 54.9 Å². The molecule has 0 saturated carbocycles. The van der Waals surface area contributed by atoms with Gasteiger partial charge >= 0.3 is 0 Å². The fourth-order valence-electron chi connectivity index (χ4n) is 1.65. The van der Waals surface area contributed by atoms with Crippen molar-refractivity contribution in [1.29, 1.82) is 0 Å². The van der Waals surface area contributed by atoms with Gasteiger partial charge in [0.1, 0.15) is 0 Å². The number of carbonyl (C=O) groups is 2. The van der Waals surface area contributed by atoms with Gasteiger partial charge in [0.2, 0.25) is 0 Å². The fraction of sp³-hybridized carbons (Fsp3) is 0.750. The number of hydrogen-bond acceptors (Lipinski definition) is 3. The monoisotopic (exact) mass is 283 g/mol. The quantitative estimate of drug-likeness (QED) is 0.728. The van der Waals surface area contributed by atoms with Crippen molar-refractivity contribution in [2.45, 2.75) is 60.5 Å². The first kappa shape index (κ1) is 18.8. The molecule has 1 aliphatic heterocycles. The number of rotatable bonds is 5. The van der Waals surface area contributed by atoms with Crippen molar-refractivity contribution in [2.24, 2.45) is 5.41 Å². The van der Waals surface area contributed by atoms with Gasteiger partial charge in [0.25, 0.3) is 11.8 Å². The Hall–Kier alpha value is -1.16. The SMILES string of the molecule is CC.CC(C)(C)CCOC(C)(C)CN1C(=O)C=CC1=O. The van der Waals surface area contributed by atoms with E-state index in [4.69, 9.17) is 4.74 Å². The van der Waals surface area contributed by atoms with E-state index in [0.717, 1.165) is 6.42 Å². The van der Waals surface area contributed by atoms with Crippen LogP contribution in [-0.4, -0.2) is 35.5 Å². The maximum Gasteiger partial charge on any atom is 0.253 e. The van der Waals surface area contributed by atoms with Crippen molar-refractivity contribution in [2.75, 3.05) is 13.2 Å². The van der Waals surface area contributed by atoms with Gasteiger partial charge in [0.05, 0.1) is 12.1 Å². The molecule has 0 N–H and O–H groups in total. The molecule has 2 amide bonds. The molecule has 1 rings (SSSR count). The average Bonchev–Trinajstić information content (AvgIpc) is 2.61. The molecule has 0 spiro atoms. The van der Waals surface area contributed by atoms with Crippen molar-refractivity contribution in [3.63, 3.8) is 0 Å². The van der Waals surface area contributed by atoms with Gasteiger partial charge in [0.15, 0.2) is 0 Å². The van der Waals surface area contributed by atoms with Crippen LogP contribution in [0.2, 0.25) is 0 Å². The summed E-state index contributed by atoms with van der Waals surface area (Å²) in [7, 11) is 0. The third-order valence-corrected chi connectivity index (χ3v) is 2.78. The van der Waals surface area contributed by atoms with E-state index < -0.39 is 5.60 Å². The van der Waals surface area contributed by atoms with E-state index in [2.05, 4.69) is 20.8 Å². The van der Waals surface area contributed by atoms with Crippen molar-refractivity contribution >= 4 is 11.8 Å². The van der Waals surface area contributed by atoms with Crippen molar-refractivity contribution in [1.82, 2.24) is 4.90 Å². The van der Waals surface area contributed by atoms with E-state index in [1.807, 2.05) is 27.7 Å². The molecule has 20 heavy (non-hydrogen) atoms. The molecule has 1 heterocycles. The van der Waals surface area contributed by atoms with E-state index in [1.54, 1.807) is 0 Å². The molecular weight excluding hydrogens is 254 g/mol. The predicted molar refractivity (Wildman–Crippen MR) is 81.3 cm³/mol. The maximum absolute atomic E-state index is 11.5. The van der Waals surface area contributed by atoms with Gasteiger partial charge in [0, 0.05) is 18.8 Å². The predicted octanol–water partition coefficient (Wildman–Crippen LogP) is 3.17. The zero-order chi connectivity index (χ0) is 16.0. The smallest absolute Gasteiger partial charge is 0.253 e. The highest BCUT2D eigenvalue weighted by molar-refractivity contribution is 6.12. The lowest BCUT2D eigenvalue weighted by Crippen LogP contribution is -2.44. The summed E-state index contributed by atoms with van der Waals surface area (Å²) >= 11 is 0. The van der Waals surface area contributed by atoms with Gasteiger partial charge in [-0.15, -0.1) is 0 Å². The van der Waals surface area contributed by atoms with Crippen LogP contribution >= 0.6 is 0 Å².